The van der Waals surface area contributed by atoms with Gasteiger partial charge in [0, 0.05) is 32.5 Å². The van der Waals surface area contributed by atoms with E-state index in [0.29, 0.717) is 43.5 Å². The number of nitrogens with one attached hydrogen (secondary N) is 1. The molecule has 0 unspecified atom stereocenters. The molecule has 6 heteroatoms. The molecule has 0 atom stereocenters. The van der Waals surface area contributed by atoms with Gasteiger partial charge in [0.05, 0.1) is 14.2 Å². The van der Waals surface area contributed by atoms with Gasteiger partial charge in [-0.1, -0.05) is 18.9 Å². The summed E-state index contributed by atoms with van der Waals surface area (Å²) in [6.45, 7) is 2.56. The minimum absolute atomic E-state index is 0.0147. The Morgan fingerprint density at radius 2 is 1.81 bits per heavy atom. The van der Waals surface area contributed by atoms with Crippen molar-refractivity contribution in [1.82, 2.24) is 10.2 Å². The third-order valence-corrected chi connectivity index (χ3v) is 4.89. The molecular formula is C20H30N2O4. The van der Waals surface area contributed by atoms with E-state index in [4.69, 9.17) is 9.47 Å². The number of hydrogen-bond donors (Lipinski definition) is 1. The lowest BCUT2D eigenvalue weighted by Gasteiger charge is -2.22. The Balaban J connectivity index is 1.83. The first-order valence-corrected chi connectivity index (χ1v) is 9.29. The Morgan fingerprint density at radius 1 is 1.12 bits per heavy atom. The maximum atomic E-state index is 12.1. The van der Waals surface area contributed by atoms with Crippen LogP contribution in [0.1, 0.15) is 44.6 Å². The lowest BCUT2D eigenvalue weighted by molar-refractivity contribution is -0.129. The van der Waals surface area contributed by atoms with E-state index in [0.717, 1.165) is 18.4 Å². The maximum Gasteiger partial charge on any atom is 0.221 e. The van der Waals surface area contributed by atoms with Crippen molar-refractivity contribution >= 4 is 11.8 Å². The second-order valence-electron chi connectivity index (χ2n) is 6.74. The Morgan fingerprint density at radius 3 is 2.42 bits per heavy atom. The Kier molecular flexibility index (Phi) is 7.75. The van der Waals surface area contributed by atoms with Gasteiger partial charge in [-0.25, -0.2) is 0 Å². The van der Waals surface area contributed by atoms with E-state index in [2.05, 4.69) is 5.32 Å². The Bertz CT molecular complexity index is 612. The second kappa shape index (κ2) is 10.0. The zero-order valence-electron chi connectivity index (χ0n) is 16.0. The number of ether oxygens (including phenoxy) is 2. The molecule has 1 saturated carbocycles. The van der Waals surface area contributed by atoms with Crippen LogP contribution in [0.15, 0.2) is 18.2 Å². The largest absolute Gasteiger partial charge is 0.493 e. The van der Waals surface area contributed by atoms with Crippen LogP contribution in [-0.2, 0) is 16.0 Å². The minimum atomic E-state index is -0.0147. The summed E-state index contributed by atoms with van der Waals surface area (Å²) in [5, 5.41) is 3.07. The van der Waals surface area contributed by atoms with E-state index in [-0.39, 0.29) is 11.8 Å². The van der Waals surface area contributed by atoms with Gasteiger partial charge in [0.15, 0.2) is 11.5 Å². The van der Waals surface area contributed by atoms with Crippen molar-refractivity contribution in [3.05, 3.63) is 23.8 Å². The summed E-state index contributed by atoms with van der Waals surface area (Å²) in [7, 11) is 3.21. The Hall–Kier alpha value is -2.24. The molecule has 6 nitrogen and oxygen atoms in total. The number of amides is 2. The topological polar surface area (TPSA) is 67.9 Å². The van der Waals surface area contributed by atoms with E-state index in [1.807, 2.05) is 18.2 Å². The summed E-state index contributed by atoms with van der Waals surface area (Å²) >= 11 is 0. The standard InChI is InChI=1S/C20H30N2O4/c1-15(23)22(13-11-20(24)21-17-6-4-5-7-17)12-10-16-8-9-18(25-2)19(14-16)26-3/h8-9,14,17H,4-7,10-13H2,1-3H3,(H,21,24). The van der Waals surface area contributed by atoms with Crippen LogP contribution in [0.5, 0.6) is 11.5 Å². The van der Waals surface area contributed by atoms with E-state index >= 15 is 0 Å². The number of carbonyl (C=O) groups excluding carboxylic acids is 2. The van der Waals surface area contributed by atoms with E-state index in [9.17, 15) is 9.59 Å². The maximum absolute atomic E-state index is 12.1. The second-order valence-corrected chi connectivity index (χ2v) is 6.74. The van der Waals surface area contributed by atoms with Crippen molar-refractivity contribution in [2.24, 2.45) is 0 Å². The van der Waals surface area contributed by atoms with Crippen LogP contribution >= 0.6 is 0 Å². The lowest BCUT2D eigenvalue weighted by atomic mass is 10.1. The summed E-state index contributed by atoms with van der Waals surface area (Å²) in [4.78, 5) is 25.7. The molecule has 0 heterocycles. The van der Waals surface area contributed by atoms with Gasteiger partial charge in [-0.05, 0) is 37.0 Å². The van der Waals surface area contributed by atoms with Crippen molar-refractivity contribution in [2.45, 2.75) is 51.5 Å². The number of benzene rings is 1. The number of rotatable bonds is 9. The van der Waals surface area contributed by atoms with Crippen molar-refractivity contribution in [1.29, 1.82) is 0 Å². The van der Waals surface area contributed by atoms with Gasteiger partial charge in [0.25, 0.3) is 0 Å². The smallest absolute Gasteiger partial charge is 0.221 e. The summed E-state index contributed by atoms with van der Waals surface area (Å²) in [6.07, 6.45) is 5.57. The molecule has 1 fully saturated rings. The molecule has 2 rings (SSSR count). The third kappa shape index (κ3) is 5.93. The van der Waals surface area contributed by atoms with Crippen LogP contribution in [-0.4, -0.2) is 50.1 Å². The molecule has 1 aromatic rings. The molecule has 144 valence electrons. The number of carbonyl (C=O) groups is 2. The zero-order valence-corrected chi connectivity index (χ0v) is 16.0. The minimum Gasteiger partial charge on any atom is -0.493 e. The van der Waals surface area contributed by atoms with E-state index in [1.54, 1.807) is 26.0 Å². The molecule has 0 aliphatic heterocycles. The molecule has 0 radical (unpaired) electrons. The van der Waals surface area contributed by atoms with Crippen molar-refractivity contribution < 1.29 is 19.1 Å². The summed E-state index contributed by atoms with van der Waals surface area (Å²) in [6, 6.07) is 6.07. The van der Waals surface area contributed by atoms with Crippen molar-refractivity contribution in [3.63, 3.8) is 0 Å². The average Bonchev–Trinajstić information content (AvgIpc) is 3.13. The highest BCUT2D eigenvalue weighted by Crippen LogP contribution is 2.27. The first-order chi connectivity index (χ1) is 12.5. The predicted molar refractivity (Wildman–Crippen MR) is 101 cm³/mol. The molecule has 0 bridgehead atoms. The van der Waals surface area contributed by atoms with E-state index < -0.39 is 0 Å². The fourth-order valence-corrected chi connectivity index (χ4v) is 3.33. The number of nitrogens with zero attached hydrogens (tertiary/aromatic N) is 1. The SMILES string of the molecule is COc1ccc(CCN(CCC(=O)NC2CCCC2)C(C)=O)cc1OC. The highest BCUT2D eigenvalue weighted by atomic mass is 16.5. The molecule has 2 amide bonds. The van der Waals surface area contributed by atoms with Gasteiger partial charge in [0.1, 0.15) is 0 Å². The van der Waals surface area contributed by atoms with Crippen LogP contribution < -0.4 is 14.8 Å². The van der Waals surface area contributed by atoms with Gasteiger partial charge in [-0.2, -0.15) is 0 Å². The molecule has 1 aromatic carbocycles. The van der Waals surface area contributed by atoms with Crippen molar-refractivity contribution in [2.75, 3.05) is 27.3 Å². The van der Waals surface area contributed by atoms with Gasteiger partial charge in [-0.3, -0.25) is 9.59 Å². The monoisotopic (exact) mass is 362 g/mol. The molecule has 0 saturated heterocycles. The molecule has 1 aliphatic rings. The fraction of sp³-hybridized carbons (Fsp3) is 0.600. The summed E-state index contributed by atoms with van der Waals surface area (Å²) < 4.78 is 10.6. The highest BCUT2D eigenvalue weighted by molar-refractivity contribution is 5.78. The summed E-state index contributed by atoms with van der Waals surface area (Å²) in [5.41, 5.74) is 1.06. The zero-order chi connectivity index (χ0) is 18.9. The average molecular weight is 362 g/mol. The van der Waals surface area contributed by atoms with Crippen LogP contribution in [0.25, 0.3) is 0 Å². The molecule has 1 aliphatic carbocycles. The van der Waals surface area contributed by atoms with Crippen LogP contribution in [0.3, 0.4) is 0 Å². The van der Waals surface area contributed by atoms with Gasteiger partial charge in [0.2, 0.25) is 11.8 Å². The quantitative estimate of drug-likeness (QED) is 0.733. The first-order valence-electron chi connectivity index (χ1n) is 9.29. The van der Waals surface area contributed by atoms with Crippen LogP contribution in [0.4, 0.5) is 0 Å². The molecular weight excluding hydrogens is 332 g/mol. The van der Waals surface area contributed by atoms with Crippen molar-refractivity contribution in [3.8, 4) is 11.5 Å². The molecule has 26 heavy (non-hydrogen) atoms. The first kappa shape index (κ1) is 20.1. The normalized spacial score (nSPS) is 14.1. The van der Waals surface area contributed by atoms with Gasteiger partial charge < -0.3 is 19.7 Å². The molecule has 1 N–H and O–H groups in total. The van der Waals surface area contributed by atoms with Gasteiger partial charge >= 0.3 is 0 Å². The molecule has 0 spiro atoms. The third-order valence-electron chi connectivity index (χ3n) is 4.89. The fourth-order valence-electron chi connectivity index (χ4n) is 3.33. The van der Waals surface area contributed by atoms with E-state index in [1.165, 1.54) is 12.8 Å². The molecule has 0 aromatic heterocycles. The van der Waals surface area contributed by atoms with Crippen LogP contribution in [0, 0.1) is 0 Å². The van der Waals surface area contributed by atoms with Gasteiger partial charge in [-0.15, -0.1) is 0 Å². The number of hydrogen-bond acceptors (Lipinski definition) is 4. The highest BCUT2D eigenvalue weighted by Gasteiger charge is 2.18. The predicted octanol–water partition coefficient (Wildman–Crippen LogP) is 2.54. The number of methoxy groups -OCH3 is 2. The van der Waals surface area contributed by atoms with Crippen LogP contribution in [0.2, 0.25) is 0 Å². The Labute approximate surface area is 155 Å². The lowest BCUT2D eigenvalue weighted by Crippen LogP contribution is -2.37. The summed E-state index contributed by atoms with van der Waals surface area (Å²) in [5.74, 6) is 1.38.